The Morgan fingerprint density at radius 2 is 1.71 bits per heavy atom. The normalized spacial score (nSPS) is 40.9. The molecule has 1 aromatic carbocycles. The Morgan fingerprint density at radius 1 is 1.04 bits per heavy atom. The van der Waals surface area contributed by atoms with Crippen LogP contribution in [-0.4, -0.2) is 110 Å². The van der Waals surface area contributed by atoms with Crippen LogP contribution in [0, 0.1) is 23.7 Å². The molecular weight excluding hydrogens is 654 g/mol. The first-order chi connectivity index (χ1) is 24.0. The number of aliphatic hydroxyl groups excluding tert-OH is 1. The second-order valence-electron chi connectivity index (χ2n) is 15.6. The number of methoxy groups -OCH3 is 1. The monoisotopic (exact) mass is 715 g/mol. The second-order valence-corrected chi connectivity index (χ2v) is 15.6. The van der Waals surface area contributed by atoms with E-state index in [1.165, 1.54) is 0 Å². The standard InChI is InChI=1S/C40H61NO10/c1-12-30-40(8)31(34(37(45)51-40)47-19-18-28-16-14-13-15-17-28)27(6)32(42)25(4)22-39(7,46-11)35(23(2)20-24(3)36(44)49-30)50-38-33(43)29(41(9)10)21-26(5)48-38/h13-17,20,23,25-27,29-31,33-35,38,43H,12,18-19,21-22H2,1-11H3/b24-20-/t23-,25+,26+,27+,29-,30+,31+,33+,34?,35+,38-,39+,40+/m0/s1. The van der Waals surface area contributed by atoms with Crippen LogP contribution in [0.2, 0.25) is 0 Å². The zero-order chi connectivity index (χ0) is 37.8. The highest BCUT2D eigenvalue weighted by molar-refractivity contribution is 5.89. The number of likely N-dealkylation sites (N-methyl/N-ethyl adjacent to an activating group) is 1. The highest BCUT2D eigenvalue weighted by Gasteiger charge is 2.61. The lowest BCUT2D eigenvalue weighted by Gasteiger charge is -2.46. The van der Waals surface area contributed by atoms with Gasteiger partial charge in [-0.1, -0.05) is 64.1 Å². The third kappa shape index (κ3) is 8.93. The lowest BCUT2D eigenvalue weighted by Crippen LogP contribution is -2.58. The lowest BCUT2D eigenvalue weighted by atomic mass is 9.70. The van der Waals surface area contributed by atoms with Crippen LogP contribution in [0.25, 0.3) is 0 Å². The van der Waals surface area contributed by atoms with Crippen molar-refractivity contribution in [3.8, 4) is 0 Å². The number of esters is 2. The van der Waals surface area contributed by atoms with Crippen molar-refractivity contribution in [3.63, 3.8) is 0 Å². The van der Waals surface area contributed by atoms with Crippen LogP contribution < -0.4 is 0 Å². The fraction of sp³-hybridized carbons (Fsp3) is 0.725. The van der Waals surface area contributed by atoms with E-state index in [0.717, 1.165) is 5.56 Å². The number of ketones is 1. The molecule has 4 rings (SSSR count). The number of rotatable bonds is 9. The second kappa shape index (κ2) is 17.0. The smallest absolute Gasteiger partial charge is 0.336 e. The van der Waals surface area contributed by atoms with Gasteiger partial charge in [0.25, 0.3) is 0 Å². The van der Waals surface area contributed by atoms with Crippen molar-refractivity contribution in [1.29, 1.82) is 0 Å². The molecule has 3 aliphatic heterocycles. The Hall–Kier alpha value is -2.67. The molecule has 51 heavy (non-hydrogen) atoms. The third-order valence-corrected chi connectivity index (χ3v) is 11.5. The van der Waals surface area contributed by atoms with Gasteiger partial charge in [0.15, 0.2) is 18.0 Å². The van der Waals surface area contributed by atoms with Crippen LogP contribution in [0.3, 0.4) is 0 Å². The number of aliphatic hydroxyl groups is 1. The van der Waals surface area contributed by atoms with E-state index in [0.29, 0.717) is 24.8 Å². The highest BCUT2D eigenvalue weighted by Crippen LogP contribution is 2.46. The highest BCUT2D eigenvalue weighted by atomic mass is 16.7. The average molecular weight is 716 g/mol. The molecule has 1 unspecified atom stereocenters. The van der Waals surface area contributed by atoms with Crippen LogP contribution in [0.5, 0.6) is 0 Å². The molecule has 0 aliphatic carbocycles. The average Bonchev–Trinajstić information content (AvgIpc) is 3.35. The van der Waals surface area contributed by atoms with Crippen molar-refractivity contribution < 1.29 is 47.9 Å². The van der Waals surface area contributed by atoms with Gasteiger partial charge in [0.2, 0.25) is 0 Å². The van der Waals surface area contributed by atoms with Gasteiger partial charge in [0, 0.05) is 42.4 Å². The number of ether oxygens (including phenoxy) is 6. The largest absolute Gasteiger partial charge is 0.455 e. The van der Waals surface area contributed by atoms with Gasteiger partial charge in [-0.05, 0) is 73.0 Å². The third-order valence-electron chi connectivity index (χ3n) is 11.5. The fourth-order valence-corrected chi connectivity index (χ4v) is 8.60. The summed E-state index contributed by atoms with van der Waals surface area (Å²) in [7, 11) is 5.40. The van der Waals surface area contributed by atoms with E-state index in [9.17, 15) is 19.5 Å². The molecule has 0 saturated carbocycles. The molecule has 11 heteroatoms. The van der Waals surface area contributed by atoms with Crippen molar-refractivity contribution in [1.82, 2.24) is 4.90 Å². The van der Waals surface area contributed by atoms with Gasteiger partial charge in [-0.25, -0.2) is 9.59 Å². The molecule has 2 fully saturated rings. The fourth-order valence-electron chi connectivity index (χ4n) is 8.60. The number of benzene rings is 1. The minimum Gasteiger partial charge on any atom is -0.455 e. The molecule has 3 heterocycles. The Morgan fingerprint density at radius 3 is 2.31 bits per heavy atom. The molecule has 286 valence electrons. The topological polar surface area (TPSA) is 130 Å². The van der Waals surface area contributed by atoms with Crippen molar-refractivity contribution in [2.45, 2.75) is 135 Å². The predicted molar refractivity (Wildman–Crippen MR) is 192 cm³/mol. The quantitative estimate of drug-likeness (QED) is 0.350. The number of hydrogen-bond acceptors (Lipinski definition) is 11. The SMILES string of the molecule is CC[C@H]1OC(=O)/C(C)=C\[C@H](C)[C@@H](O[C@@H]2O[C@H](C)C[C@H](N(C)C)[C@H]2O)[C@](C)(OC)C[C@@H](C)C(=O)[C@H](C)[C@@H]2C(OCCc3ccccc3)C(=O)O[C@]12C. The van der Waals surface area contributed by atoms with Gasteiger partial charge in [0.1, 0.15) is 18.0 Å². The van der Waals surface area contributed by atoms with Crippen molar-refractivity contribution >= 4 is 17.7 Å². The first-order valence-corrected chi connectivity index (χ1v) is 18.5. The van der Waals surface area contributed by atoms with Crippen molar-refractivity contribution in [3.05, 3.63) is 47.5 Å². The van der Waals surface area contributed by atoms with Crippen molar-refractivity contribution in [2.75, 3.05) is 27.8 Å². The summed E-state index contributed by atoms with van der Waals surface area (Å²) in [6.07, 6.45) is -1.16. The minimum absolute atomic E-state index is 0.101. The van der Waals surface area contributed by atoms with Crippen LogP contribution >= 0.6 is 0 Å². The molecule has 3 aliphatic rings. The van der Waals surface area contributed by atoms with Gasteiger partial charge in [-0.3, -0.25) is 4.79 Å². The van der Waals surface area contributed by atoms with E-state index in [1.54, 1.807) is 34.0 Å². The Kier molecular flexibility index (Phi) is 13.7. The van der Waals surface area contributed by atoms with Crippen LogP contribution in [0.4, 0.5) is 0 Å². The molecular formula is C40H61NO10. The molecule has 0 bridgehead atoms. The molecule has 1 N–H and O–H groups in total. The van der Waals surface area contributed by atoms with Crippen LogP contribution in [-0.2, 0) is 49.2 Å². The van der Waals surface area contributed by atoms with Gasteiger partial charge in [-0.15, -0.1) is 0 Å². The minimum atomic E-state index is -1.33. The summed E-state index contributed by atoms with van der Waals surface area (Å²) in [5.41, 5.74) is -1.000. The van der Waals surface area contributed by atoms with E-state index in [2.05, 4.69) is 0 Å². The number of hydrogen-bond donors (Lipinski definition) is 1. The van der Waals surface area contributed by atoms with Gasteiger partial charge in [-0.2, -0.15) is 0 Å². The number of carbonyl (C=O) groups excluding carboxylic acids is 3. The number of nitrogens with zero attached hydrogens (tertiary/aromatic N) is 1. The number of carbonyl (C=O) groups is 3. The molecule has 11 nitrogen and oxygen atoms in total. The Balaban J connectivity index is 1.73. The Bertz CT molecular complexity index is 1380. The summed E-state index contributed by atoms with van der Waals surface area (Å²) >= 11 is 0. The van der Waals surface area contributed by atoms with Gasteiger partial charge >= 0.3 is 11.9 Å². The van der Waals surface area contributed by atoms with Crippen LogP contribution in [0.15, 0.2) is 42.0 Å². The molecule has 2 saturated heterocycles. The summed E-state index contributed by atoms with van der Waals surface area (Å²) in [4.78, 5) is 43.9. The summed E-state index contributed by atoms with van der Waals surface area (Å²) in [6, 6.07) is 9.61. The first-order valence-electron chi connectivity index (χ1n) is 18.5. The zero-order valence-electron chi connectivity index (χ0n) is 32.4. The molecule has 0 spiro atoms. The molecule has 1 aromatic rings. The van der Waals surface area contributed by atoms with E-state index >= 15 is 0 Å². The van der Waals surface area contributed by atoms with E-state index in [4.69, 9.17) is 28.4 Å². The summed E-state index contributed by atoms with van der Waals surface area (Å²) in [5, 5.41) is 11.4. The van der Waals surface area contributed by atoms with Gasteiger partial charge < -0.3 is 38.4 Å². The molecule has 0 aromatic heterocycles. The number of fused-ring (bicyclic) bond motifs is 1. The number of cyclic esters (lactones) is 1. The predicted octanol–water partition coefficient (Wildman–Crippen LogP) is 4.91. The molecule has 13 atom stereocenters. The van der Waals surface area contributed by atoms with Gasteiger partial charge in [0.05, 0.1) is 24.4 Å². The summed E-state index contributed by atoms with van der Waals surface area (Å²) in [5.74, 6) is -3.69. The maximum atomic E-state index is 14.5. The van der Waals surface area contributed by atoms with E-state index < -0.39 is 77.5 Å². The first kappa shape index (κ1) is 41.1. The number of Topliss-reactive ketones (excluding diaryl/α,β-unsaturated/α-hetero) is 1. The zero-order valence-corrected chi connectivity index (χ0v) is 32.4. The lowest BCUT2D eigenvalue weighted by molar-refractivity contribution is -0.294. The Labute approximate surface area is 304 Å². The van der Waals surface area contributed by atoms with Crippen LogP contribution in [0.1, 0.15) is 80.2 Å². The van der Waals surface area contributed by atoms with Crippen molar-refractivity contribution in [2.24, 2.45) is 23.7 Å². The maximum absolute atomic E-state index is 14.5. The molecule has 0 amide bonds. The summed E-state index contributed by atoms with van der Waals surface area (Å²) < 4.78 is 37.6. The molecule has 0 radical (unpaired) electrons. The van der Waals surface area contributed by atoms with E-state index in [-0.39, 0.29) is 31.0 Å². The maximum Gasteiger partial charge on any atom is 0.336 e. The summed E-state index contributed by atoms with van der Waals surface area (Å²) in [6.45, 7) is 14.9. The van der Waals surface area contributed by atoms with E-state index in [1.807, 2.05) is 83.9 Å².